The van der Waals surface area contributed by atoms with E-state index in [2.05, 4.69) is 106 Å². The standard InChI is InChI=1S/C70H120O6/c1-4-7-10-13-16-19-22-25-28-30-31-32-33-34-35-36-37-38-39-40-43-45-48-51-54-57-60-63-69(72)75-66-67(65-74-68(71)62-59-56-53-50-47-44-41-27-24-21-18-15-12-9-6-3)76-70(73)64-61-58-55-52-49-46-42-29-26-23-20-17-14-11-8-5-2/h9,12,18,21-22,25,27,29-31,41-42,47,50,56,59,67H,4-8,10-11,13-17,19-20,23-24,26,28,32-40,43-46,48-49,51-55,57-58,60-66H2,1-3H3/b12-9-,21-18-,25-22-,31-30-,41-27-,42-29-,50-47-,59-56-. The van der Waals surface area contributed by atoms with Gasteiger partial charge < -0.3 is 14.2 Å². The van der Waals surface area contributed by atoms with Crippen molar-refractivity contribution in [1.82, 2.24) is 0 Å². The molecular formula is C70H120O6. The third kappa shape index (κ3) is 61.2. The van der Waals surface area contributed by atoms with Crippen molar-refractivity contribution in [2.75, 3.05) is 13.2 Å². The van der Waals surface area contributed by atoms with Gasteiger partial charge in [-0.05, 0) is 103 Å². The van der Waals surface area contributed by atoms with Gasteiger partial charge in [-0.1, -0.05) is 285 Å². The first-order valence-electron chi connectivity index (χ1n) is 32.2. The first kappa shape index (κ1) is 72.3. The SMILES string of the molecule is CC/C=C\C/C=C\C/C=C\C/C=C\C/C=C\CC(=O)OCC(COC(=O)CCCCCCCCCCCCCCCCC/C=C\C/C=C\CCCCCCC)OC(=O)CCCCCCC/C=C\CCCCCCCCC. The molecule has 0 aromatic heterocycles. The largest absolute Gasteiger partial charge is 0.462 e. The van der Waals surface area contributed by atoms with E-state index in [9.17, 15) is 14.4 Å². The fourth-order valence-corrected chi connectivity index (χ4v) is 9.01. The number of rotatable bonds is 58. The maximum Gasteiger partial charge on any atom is 0.309 e. The van der Waals surface area contributed by atoms with Crippen LogP contribution in [-0.4, -0.2) is 37.2 Å². The molecule has 0 aromatic rings. The quantitative estimate of drug-likeness (QED) is 0.0261. The Kier molecular flexibility index (Phi) is 60.8. The Bertz CT molecular complexity index is 1490. The second-order valence-corrected chi connectivity index (χ2v) is 21.3. The molecule has 0 aromatic carbocycles. The zero-order valence-corrected chi connectivity index (χ0v) is 50.0. The van der Waals surface area contributed by atoms with Crippen molar-refractivity contribution < 1.29 is 28.6 Å². The minimum atomic E-state index is -0.823. The van der Waals surface area contributed by atoms with Crippen molar-refractivity contribution in [3.8, 4) is 0 Å². The minimum absolute atomic E-state index is 0.109. The highest BCUT2D eigenvalue weighted by molar-refractivity contribution is 5.72. The van der Waals surface area contributed by atoms with Crippen LogP contribution in [0.1, 0.15) is 310 Å². The van der Waals surface area contributed by atoms with Gasteiger partial charge in [-0.15, -0.1) is 0 Å². The van der Waals surface area contributed by atoms with Gasteiger partial charge in [0, 0.05) is 12.8 Å². The number of hydrogen-bond donors (Lipinski definition) is 0. The van der Waals surface area contributed by atoms with Gasteiger partial charge in [0.05, 0.1) is 6.42 Å². The molecule has 1 unspecified atom stereocenters. The molecule has 0 spiro atoms. The van der Waals surface area contributed by atoms with Crippen LogP contribution in [0, 0.1) is 0 Å². The molecule has 0 rings (SSSR count). The Morgan fingerprint density at radius 1 is 0.289 bits per heavy atom. The second kappa shape index (κ2) is 63.9. The summed E-state index contributed by atoms with van der Waals surface area (Å²) in [5, 5.41) is 0. The molecule has 0 heterocycles. The van der Waals surface area contributed by atoms with Gasteiger partial charge in [0.15, 0.2) is 6.10 Å². The van der Waals surface area contributed by atoms with E-state index in [4.69, 9.17) is 14.2 Å². The highest BCUT2D eigenvalue weighted by Gasteiger charge is 2.19. The van der Waals surface area contributed by atoms with Gasteiger partial charge in [0.25, 0.3) is 0 Å². The van der Waals surface area contributed by atoms with Crippen LogP contribution in [0.4, 0.5) is 0 Å². The summed E-state index contributed by atoms with van der Waals surface area (Å²) in [5.74, 6) is -1.04. The fraction of sp³-hybridized carbons (Fsp3) is 0.729. The molecular weight excluding hydrogens is 937 g/mol. The maximum atomic E-state index is 12.9. The molecule has 0 saturated carbocycles. The Morgan fingerprint density at radius 3 is 0.934 bits per heavy atom. The molecule has 0 bridgehead atoms. The first-order chi connectivity index (χ1) is 37.5. The topological polar surface area (TPSA) is 78.9 Å². The Labute approximate surface area is 470 Å². The van der Waals surface area contributed by atoms with Crippen LogP contribution in [0.3, 0.4) is 0 Å². The first-order valence-corrected chi connectivity index (χ1v) is 32.2. The van der Waals surface area contributed by atoms with E-state index < -0.39 is 12.1 Å². The van der Waals surface area contributed by atoms with Crippen molar-refractivity contribution in [3.05, 3.63) is 97.2 Å². The van der Waals surface area contributed by atoms with E-state index in [-0.39, 0.29) is 31.6 Å². The lowest BCUT2D eigenvalue weighted by Crippen LogP contribution is -2.30. The van der Waals surface area contributed by atoms with E-state index in [0.29, 0.717) is 12.8 Å². The number of ether oxygens (including phenoxy) is 3. The molecule has 6 heteroatoms. The lowest BCUT2D eigenvalue weighted by Gasteiger charge is -2.18. The Balaban J connectivity index is 4.34. The number of hydrogen-bond acceptors (Lipinski definition) is 6. The minimum Gasteiger partial charge on any atom is -0.462 e. The van der Waals surface area contributed by atoms with Crippen LogP contribution >= 0.6 is 0 Å². The molecule has 0 radical (unpaired) electrons. The van der Waals surface area contributed by atoms with Crippen LogP contribution in [0.15, 0.2) is 97.2 Å². The number of carbonyl (C=O) groups is 3. The summed E-state index contributed by atoms with van der Waals surface area (Å²) < 4.78 is 16.8. The monoisotopic (exact) mass is 1060 g/mol. The van der Waals surface area contributed by atoms with Crippen molar-refractivity contribution >= 4 is 17.9 Å². The summed E-state index contributed by atoms with van der Waals surface area (Å²) >= 11 is 0. The summed E-state index contributed by atoms with van der Waals surface area (Å²) in [5.41, 5.74) is 0. The Morgan fingerprint density at radius 2 is 0.566 bits per heavy atom. The van der Waals surface area contributed by atoms with Crippen LogP contribution in [0.2, 0.25) is 0 Å². The third-order valence-electron chi connectivity index (χ3n) is 13.8. The van der Waals surface area contributed by atoms with Crippen LogP contribution in [-0.2, 0) is 28.6 Å². The zero-order chi connectivity index (χ0) is 55.0. The molecule has 0 N–H and O–H groups in total. The summed E-state index contributed by atoms with van der Waals surface area (Å²) in [7, 11) is 0. The smallest absolute Gasteiger partial charge is 0.309 e. The fourth-order valence-electron chi connectivity index (χ4n) is 9.01. The lowest BCUT2D eigenvalue weighted by atomic mass is 10.0. The molecule has 6 nitrogen and oxygen atoms in total. The van der Waals surface area contributed by atoms with Gasteiger partial charge in [-0.3, -0.25) is 14.4 Å². The number of esters is 3. The molecule has 436 valence electrons. The Hall–Kier alpha value is -3.67. The van der Waals surface area contributed by atoms with Crippen molar-refractivity contribution in [2.24, 2.45) is 0 Å². The van der Waals surface area contributed by atoms with Gasteiger partial charge in [0.1, 0.15) is 13.2 Å². The van der Waals surface area contributed by atoms with Gasteiger partial charge >= 0.3 is 17.9 Å². The molecule has 0 aliphatic carbocycles. The van der Waals surface area contributed by atoms with Gasteiger partial charge in [0.2, 0.25) is 0 Å². The van der Waals surface area contributed by atoms with Gasteiger partial charge in [-0.25, -0.2) is 0 Å². The van der Waals surface area contributed by atoms with E-state index in [1.807, 2.05) is 6.08 Å². The summed E-state index contributed by atoms with van der Waals surface area (Å²) in [4.78, 5) is 38.2. The van der Waals surface area contributed by atoms with Crippen molar-refractivity contribution in [1.29, 1.82) is 0 Å². The molecule has 0 aliphatic rings. The van der Waals surface area contributed by atoms with Crippen LogP contribution in [0.25, 0.3) is 0 Å². The average Bonchev–Trinajstić information content (AvgIpc) is 3.42. The summed E-state index contributed by atoms with van der Waals surface area (Å²) in [6.45, 7) is 6.44. The molecule has 0 saturated heterocycles. The van der Waals surface area contributed by atoms with Crippen LogP contribution in [0.5, 0.6) is 0 Å². The van der Waals surface area contributed by atoms with E-state index >= 15 is 0 Å². The summed E-state index contributed by atoms with van der Waals surface area (Å²) in [6.07, 6.45) is 85.9. The number of unbranched alkanes of at least 4 members (excludes halogenated alkanes) is 32. The molecule has 1 atom stereocenters. The van der Waals surface area contributed by atoms with Gasteiger partial charge in [-0.2, -0.15) is 0 Å². The molecule has 0 amide bonds. The zero-order valence-electron chi connectivity index (χ0n) is 50.0. The lowest BCUT2D eigenvalue weighted by molar-refractivity contribution is -0.166. The predicted octanol–water partition coefficient (Wildman–Crippen LogP) is 22.0. The highest BCUT2D eigenvalue weighted by Crippen LogP contribution is 2.16. The normalized spacial score (nSPS) is 12.7. The van der Waals surface area contributed by atoms with Crippen LogP contribution < -0.4 is 0 Å². The van der Waals surface area contributed by atoms with Crippen molar-refractivity contribution in [3.63, 3.8) is 0 Å². The second-order valence-electron chi connectivity index (χ2n) is 21.3. The highest BCUT2D eigenvalue weighted by atomic mass is 16.6. The van der Waals surface area contributed by atoms with E-state index in [1.165, 1.54) is 180 Å². The number of allylic oxidation sites excluding steroid dienone is 15. The molecule has 76 heavy (non-hydrogen) atoms. The van der Waals surface area contributed by atoms with E-state index in [1.54, 1.807) is 6.08 Å². The van der Waals surface area contributed by atoms with Crippen molar-refractivity contribution in [2.45, 2.75) is 316 Å². The predicted molar refractivity (Wildman–Crippen MR) is 330 cm³/mol. The molecule has 0 fully saturated rings. The summed E-state index contributed by atoms with van der Waals surface area (Å²) in [6, 6.07) is 0. The average molecular weight is 1060 g/mol. The number of carbonyl (C=O) groups excluding carboxylic acids is 3. The third-order valence-corrected chi connectivity index (χ3v) is 13.8. The maximum absolute atomic E-state index is 12.9. The van der Waals surface area contributed by atoms with E-state index in [0.717, 1.165) is 89.9 Å². The molecule has 0 aliphatic heterocycles.